The third-order valence-electron chi connectivity index (χ3n) is 13.4. The van der Waals surface area contributed by atoms with Gasteiger partial charge in [-0.05, 0) is 108 Å². The molecule has 0 saturated heterocycles. The number of para-hydroxylation sites is 5. The number of benzene rings is 10. The van der Waals surface area contributed by atoms with Gasteiger partial charge in [-0.2, -0.15) is 0 Å². The Balaban J connectivity index is 1.08. The number of hydrogen-bond donors (Lipinski definition) is 0. The summed E-state index contributed by atoms with van der Waals surface area (Å²) in [4.78, 5) is 5.02. The highest BCUT2D eigenvalue weighted by Gasteiger charge is 2.36. The average molecular weight is 831 g/mol. The fourth-order valence-electron chi connectivity index (χ4n) is 10.7. The molecule has 14 rings (SSSR count). The van der Waals surface area contributed by atoms with Crippen LogP contribution in [0.4, 0.5) is 34.1 Å². The summed E-state index contributed by atoms with van der Waals surface area (Å²) in [5, 5.41) is 6.99. The van der Waals surface area contributed by atoms with Crippen LogP contribution in [0, 0.1) is 0 Å². The van der Waals surface area contributed by atoms with Crippen molar-refractivity contribution in [3.63, 3.8) is 0 Å². The van der Waals surface area contributed by atoms with E-state index >= 15 is 0 Å². The lowest BCUT2D eigenvalue weighted by Gasteiger charge is -2.41. The van der Waals surface area contributed by atoms with Gasteiger partial charge in [-0.15, -0.1) is 0 Å². The molecular formula is C60H38N4O. The summed E-state index contributed by atoms with van der Waals surface area (Å²) in [6.45, 7) is 0. The quantitative estimate of drug-likeness (QED) is 0.173. The van der Waals surface area contributed by atoms with E-state index in [2.05, 4.69) is 237 Å². The maximum Gasteiger partial charge on any atom is 0.135 e. The minimum absolute atomic E-state index is 0.885. The van der Waals surface area contributed by atoms with Crippen LogP contribution in [0.15, 0.2) is 235 Å². The van der Waals surface area contributed by atoms with Crippen molar-refractivity contribution in [3.8, 4) is 22.5 Å². The van der Waals surface area contributed by atoms with E-state index in [4.69, 9.17) is 4.42 Å². The second-order valence-electron chi connectivity index (χ2n) is 16.9. The first kappa shape index (κ1) is 35.8. The Morgan fingerprint density at radius 3 is 1.31 bits per heavy atom. The molecule has 4 heterocycles. The molecule has 1 aliphatic heterocycles. The molecule has 65 heavy (non-hydrogen) atoms. The smallest absolute Gasteiger partial charge is 0.135 e. The van der Waals surface area contributed by atoms with E-state index in [1.54, 1.807) is 0 Å². The van der Waals surface area contributed by atoms with Crippen LogP contribution in [0.2, 0.25) is 0 Å². The molecular weight excluding hydrogens is 793 g/mol. The predicted molar refractivity (Wildman–Crippen MR) is 271 cm³/mol. The minimum Gasteiger partial charge on any atom is -0.456 e. The van der Waals surface area contributed by atoms with Gasteiger partial charge in [0, 0.05) is 55.1 Å². The molecule has 0 spiro atoms. The molecule has 10 aromatic carbocycles. The van der Waals surface area contributed by atoms with E-state index in [-0.39, 0.29) is 0 Å². The molecule has 0 bridgehead atoms. The lowest BCUT2D eigenvalue weighted by Crippen LogP contribution is -2.24. The highest BCUT2D eigenvalue weighted by atomic mass is 16.3. The van der Waals surface area contributed by atoms with Crippen LogP contribution in [-0.2, 0) is 0 Å². The number of furan rings is 1. The number of nitrogens with zero attached hydrogens (tertiary/aromatic N) is 4. The minimum atomic E-state index is 0.885. The molecule has 0 amide bonds. The molecule has 1 aliphatic rings. The molecule has 0 atom stereocenters. The van der Waals surface area contributed by atoms with Crippen LogP contribution in [0.25, 0.3) is 88.1 Å². The van der Waals surface area contributed by atoms with Gasteiger partial charge in [0.1, 0.15) is 11.2 Å². The van der Waals surface area contributed by atoms with Gasteiger partial charge in [0.25, 0.3) is 0 Å². The first-order valence-electron chi connectivity index (χ1n) is 22.2. The Morgan fingerprint density at radius 1 is 0.277 bits per heavy atom. The van der Waals surface area contributed by atoms with Crippen LogP contribution in [-0.4, -0.2) is 9.13 Å². The number of hydrogen-bond acceptors (Lipinski definition) is 3. The fraction of sp³-hybridized carbons (Fsp3) is 0. The number of rotatable bonds is 5. The van der Waals surface area contributed by atoms with Gasteiger partial charge < -0.3 is 23.4 Å². The summed E-state index contributed by atoms with van der Waals surface area (Å²) < 4.78 is 11.2. The summed E-state index contributed by atoms with van der Waals surface area (Å²) in [5.74, 6) is 0. The van der Waals surface area contributed by atoms with Gasteiger partial charge in [0.15, 0.2) is 0 Å². The third-order valence-corrected chi connectivity index (χ3v) is 13.4. The van der Waals surface area contributed by atoms with Crippen molar-refractivity contribution >= 4 is 99.7 Å². The van der Waals surface area contributed by atoms with Gasteiger partial charge in [0.05, 0.1) is 44.8 Å². The Kier molecular flexibility index (Phi) is 7.62. The van der Waals surface area contributed by atoms with E-state index in [9.17, 15) is 0 Å². The second kappa shape index (κ2) is 13.9. The van der Waals surface area contributed by atoms with Crippen molar-refractivity contribution in [2.75, 3.05) is 9.80 Å². The monoisotopic (exact) mass is 830 g/mol. The van der Waals surface area contributed by atoms with Gasteiger partial charge in [0.2, 0.25) is 0 Å². The molecule has 5 heteroatoms. The first-order chi connectivity index (χ1) is 32.3. The average Bonchev–Trinajstić information content (AvgIpc) is 4.04. The maximum atomic E-state index is 6.31. The van der Waals surface area contributed by atoms with E-state index in [0.29, 0.717) is 0 Å². The Labute approximate surface area is 374 Å². The normalized spacial score (nSPS) is 12.6. The molecule has 0 aliphatic carbocycles. The van der Waals surface area contributed by atoms with E-state index in [1.165, 1.54) is 32.7 Å². The van der Waals surface area contributed by atoms with E-state index in [1.807, 2.05) is 12.1 Å². The number of aromatic nitrogens is 2. The summed E-state index contributed by atoms with van der Waals surface area (Å²) in [5.41, 5.74) is 17.7. The van der Waals surface area contributed by atoms with E-state index < -0.39 is 0 Å². The molecule has 3 aromatic heterocycles. The fourth-order valence-corrected chi connectivity index (χ4v) is 10.7. The Morgan fingerprint density at radius 2 is 0.723 bits per heavy atom. The summed E-state index contributed by atoms with van der Waals surface area (Å²) in [6.07, 6.45) is 0. The van der Waals surface area contributed by atoms with Crippen molar-refractivity contribution < 1.29 is 4.42 Å². The standard InChI is InChI=1S/C60H38N4O/c1-4-16-39(17-5-1)40-28-30-43(31-29-40)61-49-25-13-10-23-46(49)57-51(61)33-35-53-59(57)63(41-18-6-2-7-19-41)54-36-34-52-58(60(54)64(53)42-20-8-3-9-21-42)47-24-11-14-26-50(47)62(52)44-32-37-56-48(38-44)45-22-12-15-27-55(45)65-56/h1-38H. The van der Waals surface area contributed by atoms with Crippen molar-refractivity contribution in [1.29, 1.82) is 0 Å². The predicted octanol–water partition coefficient (Wildman–Crippen LogP) is 16.7. The molecule has 0 fully saturated rings. The zero-order valence-corrected chi connectivity index (χ0v) is 35.1. The molecule has 13 aromatic rings. The van der Waals surface area contributed by atoms with Crippen molar-refractivity contribution in [1.82, 2.24) is 9.13 Å². The lowest BCUT2D eigenvalue weighted by molar-refractivity contribution is 0.669. The van der Waals surface area contributed by atoms with Crippen LogP contribution in [0.1, 0.15) is 0 Å². The zero-order valence-electron chi connectivity index (χ0n) is 35.1. The second-order valence-corrected chi connectivity index (χ2v) is 16.9. The maximum absolute atomic E-state index is 6.31. The lowest BCUT2D eigenvalue weighted by atomic mass is 9.98. The number of fused-ring (bicyclic) bond motifs is 13. The van der Waals surface area contributed by atoms with E-state index in [0.717, 1.165) is 89.5 Å². The highest BCUT2D eigenvalue weighted by molar-refractivity contribution is 6.27. The largest absolute Gasteiger partial charge is 0.456 e. The van der Waals surface area contributed by atoms with Crippen LogP contribution < -0.4 is 9.80 Å². The summed E-state index contributed by atoms with van der Waals surface area (Å²) in [6, 6.07) is 83.3. The topological polar surface area (TPSA) is 29.5 Å². The highest BCUT2D eigenvalue weighted by Crippen LogP contribution is 2.60. The molecule has 304 valence electrons. The molecule has 0 unspecified atom stereocenters. The van der Waals surface area contributed by atoms with Crippen molar-refractivity contribution in [3.05, 3.63) is 231 Å². The third kappa shape index (κ3) is 5.21. The number of anilines is 6. The first-order valence-corrected chi connectivity index (χ1v) is 22.2. The van der Waals surface area contributed by atoms with Crippen molar-refractivity contribution in [2.45, 2.75) is 0 Å². The van der Waals surface area contributed by atoms with Crippen LogP contribution in [0.3, 0.4) is 0 Å². The molecule has 0 N–H and O–H groups in total. The van der Waals surface area contributed by atoms with Gasteiger partial charge in [-0.25, -0.2) is 0 Å². The molecule has 0 saturated carbocycles. The summed E-state index contributed by atoms with van der Waals surface area (Å²) >= 11 is 0. The van der Waals surface area contributed by atoms with Gasteiger partial charge in [-0.1, -0.05) is 133 Å². The Hall–Kier alpha value is -8.80. The SMILES string of the molecule is c1ccc(-c2ccc(-n3c4ccccc4c4c5c(ccc43)N(c3ccccc3)c3c(ccc4c3c3ccccc3n4-c3ccc4oc6ccccc6c4c3)N5c3ccccc3)cc2)cc1. The van der Waals surface area contributed by atoms with Gasteiger partial charge >= 0.3 is 0 Å². The summed E-state index contributed by atoms with van der Waals surface area (Å²) in [7, 11) is 0. The molecule has 5 nitrogen and oxygen atoms in total. The zero-order chi connectivity index (χ0) is 42.6. The molecule has 0 radical (unpaired) electrons. The van der Waals surface area contributed by atoms with Crippen LogP contribution in [0.5, 0.6) is 0 Å². The Bertz CT molecular complexity index is 4000. The van der Waals surface area contributed by atoms with Gasteiger partial charge in [-0.3, -0.25) is 0 Å². The van der Waals surface area contributed by atoms with Crippen molar-refractivity contribution in [2.24, 2.45) is 0 Å². The van der Waals surface area contributed by atoms with Crippen LogP contribution >= 0.6 is 0 Å².